The molecule has 0 aromatic heterocycles. The first-order chi connectivity index (χ1) is 11.4. The van der Waals surface area contributed by atoms with E-state index in [0.29, 0.717) is 18.9 Å². The van der Waals surface area contributed by atoms with Crippen LogP contribution in [0.25, 0.3) is 0 Å². The maximum atomic E-state index is 11.4. The van der Waals surface area contributed by atoms with Gasteiger partial charge in [-0.3, -0.25) is 9.69 Å². The second kappa shape index (κ2) is 11.0. The molecular formula is C19H31NO4. The van der Waals surface area contributed by atoms with Crippen molar-refractivity contribution in [2.75, 3.05) is 26.8 Å². The van der Waals surface area contributed by atoms with Gasteiger partial charge in [0.25, 0.3) is 0 Å². The molecule has 24 heavy (non-hydrogen) atoms. The number of aliphatic hydroxyl groups excluding tert-OH is 1. The number of carbonyl (C=O) groups is 1. The smallest absolute Gasteiger partial charge is 0.305 e. The van der Waals surface area contributed by atoms with Crippen LogP contribution in [0.3, 0.4) is 0 Å². The molecule has 0 aliphatic carbocycles. The summed E-state index contributed by atoms with van der Waals surface area (Å²) in [4.78, 5) is 13.6. The van der Waals surface area contributed by atoms with Crippen molar-refractivity contribution in [1.29, 1.82) is 0 Å². The molecule has 1 atom stereocenters. The SMILES string of the molecule is CCCC(=O)OCC(O)CN(Cc1cccc(OC)c1)CC(C)C. The van der Waals surface area contributed by atoms with Crippen LogP contribution in [0, 0.1) is 5.92 Å². The lowest BCUT2D eigenvalue weighted by Crippen LogP contribution is -2.37. The molecular weight excluding hydrogens is 306 g/mol. The highest BCUT2D eigenvalue weighted by Gasteiger charge is 2.15. The Morgan fingerprint density at radius 1 is 1.29 bits per heavy atom. The number of benzene rings is 1. The lowest BCUT2D eigenvalue weighted by atomic mass is 10.1. The Balaban J connectivity index is 2.59. The zero-order chi connectivity index (χ0) is 17.9. The van der Waals surface area contributed by atoms with Gasteiger partial charge in [0.1, 0.15) is 18.5 Å². The van der Waals surface area contributed by atoms with Gasteiger partial charge in [0, 0.05) is 26.1 Å². The molecule has 0 aliphatic heterocycles. The molecule has 1 N–H and O–H groups in total. The van der Waals surface area contributed by atoms with Gasteiger partial charge in [0.05, 0.1) is 7.11 Å². The maximum Gasteiger partial charge on any atom is 0.305 e. The number of esters is 1. The molecule has 1 aromatic rings. The number of aliphatic hydroxyl groups is 1. The van der Waals surface area contributed by atoms with Gasteiger partial charge in [-0.25, -0.2) is 0 Å². The number of methoxy groups -OCH3 is 1. The van der Waals surface area contributed by atoms with Crippen molar-refractivity contribution >= 4 is 5.97 Å². The van der Waals surface area contributed by atoms with E-state index >= 15 is 0 Å². The highest BCUT2D eigenvalue weighted by molar-refractivity contribution is 5.69. The van der Waals surface area contributed by atoms with Gasteiger partial charge >= 0.3 is 5.97 Å². The topological polar surface area (TPSA) is 59.0 Å². The summed E-state index contributed by atoms with van der Waals surface area (Å²) in [6.45, 7) is 8.31. The van der Waals surface area contributed by atoms with E-state index < -0.39 is 6.10 Å². The monoisotopic (exact) mass is 337 g/mol. The number of nitrogens with zero attached hydrogens (tertiary/aromatic N) is 1. The normalized spacial score (nSPS) is 12.5. The minimum Gasteiger partial charge on any atom is -0.497 e. The van der Waals surface area contributed by atoms with Crippen LogP contribution in [0.5, 0.6) is 5.75 Å². The maximum absolute atomic E-state index is 11.4. The summed E-state index contributed by atoms with van der Waals surface area (Å²) in [6, 6.07) is 7.92. The van der Waals surface area contributed by atoms with Gasteiger partial charge in [-0.1, -0.05) is 32.9 Å². The third-order valence-corrected chi connectivity index (χ3v) is 3.52. The molecule has 0 fully saturated rings. The van der Waals surface area contributed by atoms with E-state index in [1.54, 1.807) is 7.11 Å². The van der Waals surface area contributed by atoms with Crippen LogP contribution in [-0.2, 0) is 16.1 Å². The molecule has 0 amide bonds. The summed E-state index contributed by atoms with van der Waals surface area (Å²) in [6.07, 6.45) is 0.464. The van der Waals surface area contributed by atoms with Gasteiger partial charge in [0.2, 0.25) is 0 Å². The quantitative estimate of drug-likeness (QED) is 0.629. The molecule has 0 radical (unpaired) electrons. The number of hydrogen-bond acceptors (Lipinski definition) is 5. The molecule has 1 aromatic carbocycles. The first-order valence-electron chi connectivity index (χ1n) is 8.63. The number of ether oxygens (including phenoxy) is 2. The van der Waals surface area contributed by atoms with E-state index in [0.717, 1.165) is 30.8 Å². The van der Waals surface area contributed by atoms with E-state index in [9.17, 15) is 9.90 Å². The molecule has 1 unspecified atom stereocenters. The van der Waals surface area contributed by atoms with Crippen LogP contribution in [0.4, 0.5) is 0 Å². The molecule has 0 saturated heterocycles. The Hall–Kier alpha value is -1.59. The van der Waals surface area contributed by atoms with Crippen LogP contribution in [0.2, 0.25) is 0 Å². The van der Waals surface area contributed by atoms with Gasteiger partial charge in [-0.15, -0.1) is 0 Å². The molecule has 5 heteroatoms. The van der Waals surface area contributed by atoms with Crippen molar-refractivity contribution < 1.29 is 19.4 Å². The summed E-state index contributed by atoms with van der Waals surface area (Å²) in [5, 5.41) is 10.2. The average Bonchev–Trinajstić information content (AvgIpc) is 2.52. The molecule has 0 spiro atoms. The lowest BCUT2D eigenvalue weighted by Gasteiger charge is -2.26. The van der Waals surface area contributed by atoms with Gasteiger partial charge < -0.3 is 14.6 Å². The molecule has 0 saturated carbocycles. The standard InChI is InChI=1S/C19H31NO4/c1-5-7-19(22)24-14-17(21)13-20(11-15(2)3)12-16-8-6-9-18(10-16)23-4/h6,8-10,15,17,21H,5,7,11-14H2,1-4H3. The predicted molar refractivity (Wildman–Crippen MR) is 95.0 cm³/mol. The van der Waals surface area contributed by atoms with Crippen molar-refractivity contribution in [2.45, 2.75) is 46.3 Å². The molecule has 136 valence electrons. The van der Waals surface area contributed by atoms with Crippen molar-refractivity contribution in [2.24, 2.45) is 5.92 Å². The second-order valence-corrected chi connectivity index (χ2v) is 6.53. The molecule has 5 nitrogen and oxygen atoms in total. The number of hydrogen-bond donors (Lipinski definition) is 1. The van der Waals surface area contributed by atoms with E-state index in [4.69, 9.17) is 9.47 Å². The van der Waals surface area contributed by atoms with Crippen LogP contribution in [0.15, 0.2) is 24.3 Å². The summed E-state index contributed by atoms with van der Waals surface area (Å²) >= 11 is 0. The molecule has 0 aliphatic rings. The summed E-state index contributed by atoms with van der Waals surface area (Å²) in [5.74, 6) is 1.05. The Bertz CT molecular complexity index is 490. The fraction of sp³-hybridized carbons (Fsp3) is 0.632. The predicted octanol–water partition coefficient (Wildman–Crippen LogP) is 2.86. The largest absolute Gasteiger partial charge is 0.497 e. The summed E-state index contributed by atoms with van der Waals surface area (Å²) in [5.41, 5.74) is 1.13. The third-order valence-electron chi connectivity index (χ3n) is 3.52. The highest BCUT2D eigenvalue weighted by Crippen LogP contribution is 2.15. The van der Waals surface area contributed by atoms with Crippen molar-refractivity contribution in [3.05, 3.63) is 29.8 Å². The Kier molecular flexibility index (Phi) is 9.42. The van der Waals surface area contributed by atoms with Crippen LogP contribution >= 0.6 is 0 Å². The van der Waals surface area contributed by atoms with E-state index in [2.05, 4.69) is 18.7 Å². The van der Waals surface area contributed by atoms with Crippen molar-refractivity contribution in [3.63, 3.8) is 0 Å². The minimum absolute atomic E-state index is 0.0472. The third kappa shape index (κ3) is 8.31. The first-order valence-corrected chi connectivity index (χ1v) is 8.63. The highest BCUT2D eigenvalue weighted by atomic mass is 16.5. The molecule has 0 heterocycles. The second-order valence-electron chi connectivity index (χ2n) is 6.53. The van der Waals surface area contributed by atoms with E-state index in [1.807, 2.05) is 31.2 Å². The Morgan fingerprint density at radius 2 is 2.04 bits per heavy atom. The fourth-order valence-electron chi connectivity index (χ4n) is 2.57. The summed E-state index contributed by atoms with van der Waals surface area (Å²) < 4.78 is 10.4. The van der Waals surface area contributed by atoms with E-state index in [1.165, 1.54) is 0 Å². The zero-order valence-electron chi connectivity index (χ0n) is 15.3. The van der Waals surface area contributed by atoms with Gasteiger partial charge in [-0.2, -0.15) is 0 Å². The molecule has 1 rings (SSSR count). The van der Waals surface area contributed by atoms with Gasteiger partial charge in [-0.05, 0) is 30.0 Å². The number of carbonyl (C=O) groups excluding carboxylic acids is 1. The average molecular weight is 337 g/mol. The van der Waals surface area contributed by atoms with Crippen molar-refractivity contribution in [1.82, 2.24) is 4.90 Å². The first kappa shape index (κ1) is 20.5. The van der Waals surface area contributed by atoms with Crippen LogP contribution < -0.4 is 4.74 Å². The Morgan fingerprint density at radius 3 is 2.67 bits per heavy atom. The zero-order valence-corrected chi connectivity index (χ0v) is 15.3. The van der Waals surface area contributed by atoms with E-state index in [-0.39, 0.29) is 12.6 Å². The lowest BCUT2D eigenvalue weighted by molar-refractivity contribution is -0.147. The minimum atomic E-state index is -0.685. The number of rotatable bonds is 11. The van der Waals surface area contributed by atoms with Crippen LogP contribution in [-0.4, -0.2) is 48.9 Å². The fourth-order valence-corrected chi connectivity index (χ4v) is 2.57. The molecule has 0 bridgehead atoms. The van der Waals surface area contributed by atoms with Crippen molar-refractivity contribution in [3.8, 4) is 5.75 Å². The van der Waals surface area contributed by atoms with Gasteiger partial charge in [0.15, 0.2) is 0 Å². The summed E-state index contributed by atoms with van der Waals surface area (Å²) in [7, 11) is 1.65. The van der Waals surface area contributed by atoms with Crippen LogP contribution in [0.1, 0.15) is 39.2 Å². The Labute approximate surface area is 145 Å².